The topological polar surface area (TPSA) is 98.7 Å². The minimum atomic E-state index is -0.664. The number of urea groups is 1. The lowest BCUT2D eigenvalue weighted by atomic mass is 10.2. The molecule has 0 unspecified atom stereocenters. The molecule has 4 amide bonds. The summed E-state index contributed by atoms with van der Waals surface area (Å²) in [5.74, 6) is -1.01. The van der Waals surface area contributed by atoms with E-state index in [0.29, 0.717) is 15.7 Å². The van der Waals surface area contributed by atoms with Crippen molar-refractivity contribution in [2.75, 3.05) is 11.9 Å². The van der Waals surface area contributed by atoms with Gasteiger partial charge in [-0.2, -0.15) is 0 Å². The van der Waals surface area contributed by atoms with E-state index in [0.717, 1.165) is 10.5 Å². The van der Waals surface area contributed by atoms with Crippen molar-refractivity contribution in [1.82, 2.24) is 10.2 Å². The third-order valence-corrected chi connectivity index (χ3v) is 4.52. The van der Waals surface area contributed by atoms with Gasteiger partial charge < -0.3 is 15.7 Å². The molecule has 3 rings (SSSR count). The molecule has 1 heterocycles. The van der Waals surface area contributed by atoms with Gasteiger partial charge in [0.2, 0.25) is 5.91 Å². The lowest BCUT2D eigenvalue weighted by molar-refractivity contribution is -0.127. The maximum absolute atomic E-state index is 12.4. The minimum Gasteiger partial charge on any atom is -0.507 e. The van der Waals surface area contributed by atoms with E-state index in [9.17, 15) is 19.5 Å². The number of rotatable bonds is 4. The molecule has 7 nitrogen and oxygen atoms in total. The number of hydrogen-bond donors (Lipinski definition) is 3. The van der Waals surface area contributed by atoms with E-state index in [4.69, 9.17) is 0 Å². The number of carbonyl (C=O) groups is 3. The Labute approximate surface area is 163 Å². The highest BCUT2D eigenvalue weighted by Crippen LogP contribution is 2.25. The van der Waals surface area contributed by atoms with Crippen LogP contribution in [0.5, 0.6) is 5.75 Å². The van der Waals surface area contributed by atoms with Gasteiger partial charge in [-0.25, -0.2) is 9.69 Å². The van der Waals surface area contributed by atoms with Crippen LogP contribution in [0.25, 0.3) is 6.08 Å². The number of aromatic hydroxyl groups is 1. The van der Waals surface area contributed by atoms with Crippen LogP contribution in [0.1, 0.15) is 11.1 Å². The average Bonchev–Trinajstić information content (AvgIpc) is 2.87. The van der Waals surface area contributed by atoms with E-state index in [1.807, 2.05) is 19.1 Å². The normalized spacial score (nSPS) is 15.2. The smallest absolute Gasteiger partial charge is 0.329 e. The number of benzene rings is 2. The van der Waals surface area contributed by atoms with E-state index in [1.54, 1.807) is 24.3 Å². The largest absolute Gasteiger partial charge is 0.507 e. The van der Waals surface area contributed by atoms with Gasteiger partial charge in [0.05, 0.1) is 4.47 Å². The molecule has 2 aromatic carbocycles. The molecule has 138 valence electrons. The molecule has 2 aromatic rings. The second-order valence-corrected chi connectivity index (χ2v) is 6.86. The fraction of sp³-hybridized carbons (Fsp3) is 0.105. The van der Waals surface area contributed by atoms with Crippen LogP contribution >= 0.6 is 15.9 Å². The molecule has 1 aliphatic rings. The van der Waals surface area contributed by atoms with Crippen molar-refractivity contribution in [1.29, 1.82) is 0 Å². The number of nitrogens with zero attached hydrogens (tertiary/aromatic N) is 1. The van der Waals surface area contributed by atoms with Gasteiger partial charge in [0.15, 0.2) is 0 Å². The summed E-state index contributed by atoms with van der Waals surface area (Å²) in [5, 5.41) is 14.6. The van der Waals surface area contributed by atoms with Gasteiger partial charge in [-0.05, 0) is 58.8 Å². The Morgan fingerprint density at radius 2 is 1.93 bits per heavy atom. The van der Waals surface area contributed by atoms with Crippen molar-refractivity contribution < 1.29 is 19.5 Å². The van der Waals surface area contributed by atoms with Crippen molar-refractivity contribution >= 4 is 45.5 Å². The molecule has 0 spiro atoms. The van der Waals surface area contributed by atoms with Crippen LogP contribution < -0.4 is 10.6 Å². The number of phenolic OH excluding ortho intramolecular Hbond substituents is 1. The fourth-order valence-electron chi connectivity index (χ4n) is 2.48. The lowest BCUT2D eigenvalue weighted by Crippen LogP contribution is -2.38. The number of amides is 4. The van der Waals surface area contributed by atoms with E-state index >= 15 is 0 Å². The Morgan fingerprint density at radius 3 is 2.59 bits per heavy atom. The summed E-state index contributed by atoms with van der Waals surface area (Å²) in [7, 11) is 0. The first kappa shape index (κ1) is 18.7. The third-order valence-electron chi connectivity index (χ3n) is 3.88. The van der Waals surface area contributed by atoms with Gasteiger partial charge >= 0.3 is 6.03 Å². The zero-order valence-corrected chi connectivity index (χ0v) is 15.9. The molecule has 1 fully saturated rings. The minimum absolute atomic E-state index is 0.0562. The number of anilines is 1. The Kier molecular flexibility index (Phi) is 5.27. The molecule has 0 atom stereocenters. The molecule has 1 saturated heterocycles. The highest BCUT2D eigenvalue weighted by Gasteiger charge is 2.34. The highest BCUT2D eigenvalue weighted by atomic mass is 79.9. The average molecular weight is 430 g/mol. The molecular formula is C19H16BrN3O4. The number of nitrogens with one attached hydrogen (secondary N) is 2. The van der Waals surface area contributed by atoms with Crippen LogP contribution in [0.2, 0.25) is 0 Å². The van der Waals surface area contributed by atoms with Crippen molar-refractivity contribution in [3.05, 3.63) is 63.8 Å². The van der Waals surface area contributed by atoms with Crippen LogP contribution in [-0.2, 0) is 9.59 Å². The van der Waals surface area contributed by atoms with Gasteiger partial charge in [-0.15, -0.1) is 0 Å². The Morgan fingerprint density at radius 1 is 1.22 bits per heavy atom. The Bertz CT molecular complexity index is 954. The molecule has 3 N–H and O–H groups in total. The van der Waals surface area contributed by atoms with Crippen LogP contribution in [-0.4, -0.2) is 34.4 Å². The zero-order chi connectivity index (χ0) is 19.6. The number of carbonyl (C=O) groups excluding carboxylic acids is 3. The molecule has 1 aliphatic heterocycles. The van der Waals surface area contributed by atoms with E-state index in [2.05, 4.69) is 26.6 Å². The van der Waals surface area contributed by atoms with Crippen LogP contribution in [0.15, 0.2) is 52.6 Å². The predicted molar refractivity (Wildman–Crippen MR) is 104 cm³/mol. The summed E-state index contributed by atoms with van der Waals surface area (Å²) in [5.41, 5.74) is 2.30. The molecule has 0 aliphatic carbocycles. The number of aryl methyl sites for hydroxylation is 1. The summed E-state index contributed by atoms with van der Waals surface area (Å²) < 4.78 is 0.461. The maximum atomic E-state index is 12.4. The van der Waals surface area contributed by atoms with Crippen LogP contribution in [0, 0.1) is 6.92 Å². The second kappa shape index (κ2) is 7.63. The first-order valence-corrected chi connectivity index (χ1v) is 8.82. The first-order valence-electron chi connectivity index (χ1n) is 8.03. The van der Waals surface area contributed by atoms with Crippen molar-refractivity contribution in [2.24, 2.45) is 0 Å². The monoisotopic (exact) mass is 429 g/mol. The van der Waals surface area contributed by atoms with Crippen LogP contribution in [0.4, 0.5) is 10.5 Å². The first-order chi connectivity index (χ1) is 12.8. The zero-order valence-electron chi connectivity index (χ0n) is 14.3. The van der Waals surface area contributed by atoms with E-state index in [-0.39, 0.29) is 11.4 Å². The summed E-state index contributed by atoms with van der Waals surface area (Å²) in [6.07, 6.45) is 1.47. The van der Waals surface area contributed by atoms with Crippen LogP contribution in [0.3, 0.4) is 0 Å². The summed E-state index contributed by atoms with van der Waals surface area (Å²) in [4.78, 5) is 37.5. The summed E-state index contributed by atoms with van der Waals surface area (Å²) in [6, 6.07) is 11.2. The Balaban J connectivity index is 1.70. The lowest BCUT2D eigenvalue weighted by Gasteiger charge is -2.12. The molecule has 0 saturated carbocycles. The maximum Gasteiger partial charge on any atom is 0.329 e. The highest BCUT2D eigenvalue weighted by molar-refractivity contribution is 9.10. The van der Waals surface area contributed by atoms with Gasteiger partial charge in [-0.1, -0.05) is 23.8 Å². The number of phenols is 1. The van der Waals surface area contributed by atoms with Gasteiger partial charge in [0.1, 0.15) is 18.0 Å². The molecule has 8 heteroatoms. The Hall–Kier alpha value is -3.13. The van der Waals surface area contributed by atoms with E-state index < -0.39 is 24.4 Å². The quantitative estimate of drug-likeness (QED) is 0.513. The molecular weight excluding hydrogens is 414 g/mol. The van der Waals surface area contributed by atoms with Gasteiger partial charge in [-0.3, -0.25) is 9.59 Å². The number of hydrogen-bond acceptors (Lipinski definition) is 4. The van der Waals surface area contributed by atoms with Crippen molar-refractivity contribution in [2.45, 2.75) is 6.92 Å². The van der Waals surface area contributed by atoms with Crippen molar-refractivity contribution in [3.63, 3.8) is 0 Å². The van der Waals surface area contributed by atoms with Crippen molar-refractivity contribution in [3.8, 4) is 5.75 Å². The predicted octanol–water partition coefficient (Wildman–Crippen LogP) is 2.99. The standard InChI is InChI=1S/C19H16BrN3O4/c1-11-2-5-13(6-3-11)21-17(25)10-23-18(26)15(22-19(23)27)9-12-4-7-16(24)14(20)8-12/h2-9,24H,10H2,1H3,(H,21,25)(H,22,27)/b15-9+. The van der Waals surface area contributed by atoms with E-state index in [1.165, 1.54) is 12.1 Å². The molecule has 0 aromatic heterocycles. The molecule has 0 bridgehead atoms. The van der Waals surface area contributed by atoms with Gasteiger partial charge in [0.25, 0.3) is 5.91 Å². The SMILES string of the molecule is Cc1ccc(NC(=O)CN2C(=O)N/C(=C/c3ccc(O)c(Br)c3)C2=O)cc1. The summed E-state index contributed by atoms with van der Waals surface area (Å²) >= 11 is 3.19. The molecule has 27 heavy (non-hydrogen) atoms. The van der Waals surface area contributed by atoms with Gasteiger partial charge in [0, 0.05) is 5.69 Å². The number of imide groups is 1. The fourth-order valence-corrected chi connectivity index (χ4v) is 2.87. The summed E-state index contributed by atoms with van der Waals surface area (Å²) in [6.45, 7) is 1.54. The number of halogens is 1. The third kappa shape index (κ3) is 4.35. The molecule has 0 radical (unpaired) electrons. The second-order valence-electron chi connectivity index (χ2n) is 6.00.